The maximum absolute atomic E-state index is 14.1. The molecule has 2 amide bonds. The molecule has 1 N–H and O–H groups in total. The number of rotatable bonds is 10. The van der Waals surface area contributed by atoms with Gasteiger partial charge in [-0.3, -0.25) is 13.9 Å². The Kier molecular flexibility index (Phi) is 10.8. The molecule has 0 saturated heterocycles. The first kappa shape index (κ1) is 34.2. The van der Waals surface area contributed by atoms with Crippen LogP contribution in [-0.4, -0.2) is 43.3 Å². The van der Waals surface area contributed by atoms with Crippen LogP contribution < -0.4 is 9.62 Å². The number of amides is 2. The summed E-state index contributed by atoms with van der Waals surface area (Å²) in [4.78, 5) is 28.4. The van der Waals surface area contributed by atoms with E-state index in [2.05, 4.69) is 5.32 Å². The van der Waals surface area contributed by atoms with E-state index < -0.39 is 62.4 Å². The van der Waals surface area contributed by atoms with Crippen LogP contribution >= 0.6 is 23.2 Å². The van der Waals surface area contributed by atoms with Gasteiger partial charge in [-0.2, -0.15) is 13.2 Å². The van der Waals surface area contributed by atoms with Gasteiger partial charge in [-0.15, -0.1) is 0 Å². The Morgan fingerprint density at radius 2 is 1.53 bits per heavy atom. The zero-order valence-electron chi connectivity index (χ0n) is 24.0. The third kappa shape index (κ3) is 8.87. The molecule has 0 unspecified atom stereocenters. The van der Waals surface area contributed by atoms with E-state index in [0.717, 1.165) is 12.1 Å². The fourth-order valence-electron chi connectivity index (χ4n) is 4.29. The lowest BCUT2D eigenvalue weighted by atomic mass is 10.1. The molecule has 0 heterocycles. The van der Waals surface area contributed by atoms with E-state index in [0.29, 0.717) is 21.0 Å². The fourth-order valence-corrected chi connectivity index (χ4v) is 6.07. The largest absolute Gasteiger partial charge is 0.417 e. The van der Waals surface area contributed by atoms with Crippen LogP contribution in [0.4, 0.5) is 18.9 Å². The molecule has 3 aromatic rings. The highest BCUT2D eigenvalue weighted by atomic mass is 35.5. The Labute approximate surface area is 259 Å². The third-order valence-corrected chi connectivity index (χ3v) is 8.67. The van der Waals surface area contributed by atoms with Crippen molar-refractivity contribution in [1.82, 2.24) is 10.2 Å². The van der Waals surface area contributed by atoms with E-state index in [1.54, 1.807) is 58.0 Å². The van der Waals surface area contributed by atoms with Gasteiger partial charge in [0.05, 0.1) is 21.2 Å². The van der Waals surface area contributed by atoms with Crippen molar-refractivity contribution in [3.8, 4) is 0 Å². The summed E-state index contributed by atoms with van der Waals surface area (Å²) < 4.78 is 69.6. The number of hydrogen-bond acceptors (Lipinski definition) is 4. The van der Waals surface area contributed by atoms with Crippen molar-refractivity contribution in [2.75, 3.05) is 10.8 Å². The molecular formula is C30H32Cl2F3N3O4S. The van der Waals surface area contributed by atoms with Gasteiger partial charge in [0.15, 0.2) is 0 Å². The van der Waals surface area contributed by atoms with Gasteiger partial charge in [0.2, 0.25) is 11.8 Å². The second-order valence-electron chi connectivity index (χ2n) is 10.8. The molecule has 1 atom stereocenters. The number of alkyl halides is 3. The molecule has 13 heteroatoms. The Morgan fingerprint density at radius 3 is 2.07 bits per heavy atom. The van der Waals surface area contributed by atoms with E-state index >= 15 is 0 Å². The second kappa shape index (κ2) is 13.6. The molecule has 0 bridgehead atoms. The predicted octanol–water partition coefficient (Wildman–Crippen LogP) is 6.93. The van der Waals surface area contributed by atoms with Gasteiger partial charge in [0, 0.05) is 17.1 Å². The molecule has 0 radical (unpaired) electrons. The van der Waals surface area contributed by atoms with Crippen molar-refractivity contribution in [1.29, 1.82) is 0 Å². The quantitative estimate of drug-likeness (QED) is 0.256. The molecule has 0 aliphatic heterocycles. The Hall–Kier alpha value is -3.28. The maximum atomic E-state index is 14.1. The van der Waals surface area contributed by atoms with Crippen molar-refractivity contribution >= 4 is 50.7 Å². The molecule has 0 saturated carbocycles. The van der Waals surface area contributed by atoms with Crippen LogP contribution in [0.25, 0.3) is 0 Å². The first-order valence-electron chi connectivity index (χ1n) is 13.2. The monoisotopic (exact) mass is 657 g/mol. The molecule has 3 rings (SSSR count). The van der Waals surface area contributed by atoms with Crippen LogP contribution in [0.2, 0.25) is 10.0 Å². The average molecular weight is 659 g/mol. The molecule has 0 spiro atoms. The zero-order chi connectivity index (χ0) is 32.2. The van der Waals surface area contributed by atoms with Crippen LogP contribution in [0.5, 0.6) is 0 Å². The topological polar surface area (TPSA) is 86.8 Å². The summed E-state index contributed by atoms with van der Waals surface area (Å²) in [6.45, 7) is 6.02. The number of halogens is 5. The summed E-state index contributed by atoms with van der Waals surface area (Å²) in [5, 5.41) is 2.66. The highest BCUT2D eigenvalue weighted by Crippen LogP contribution is 2.38. The van der Waals surface area contributed by atoms with E-state index in [1.165, 1.54) is 29.2 Å². The summed E-state index contributed by atoms with van der Waals surface area (Å²) in [6.07, 6.45) is -4.72. The molecule has 0 aliphatic carbocycles. The van der Waals surface area contributed by atoms with Gasteiger partial charge in [0.1, 0.15) is 12.6 Å². The Balaban J connectivity index is 2.14. The van der Waals surface area contributed by atoms with Crippen LogP contribution in [0.15, 0.2) is 77.7 Å². The molecule has 43 heavy (non-hydrogen) atoms. The summed E-state index contributed by atoms with van der Waals surface area (Å²) in [7, 11) is -4.56. The van der Waals surface area contributed by atoms with Gasteiger partial charge in [0.25, 0.3) is 10.0 Å². The fraction of sp³-hybridized carbons (Fsp3) is 0.333. The predicted molar refractivity (Wildman–Crippen MR) is 161 cm³/mol. The van der Waals surface area contributed by atoms with Gasteiger partial charge in [-0.1, -0.05) is 60.5 Å². The second-order valence-corrected chi connectivity index (χ2v) is 13.5. The minimum absolute atomic E-state index is 0.0975. The van der Waals surface area contributed by atoms with Gasteiger partial charge in [-0.05, 0) is 75.2 Å². The number of sulfonamides is 1. The minimum Gasteiger partial charge on any atom is -0.350 e. The van der Waals surface area contributed by atoms with Crippen molar-refractivity contribution in [2.45, 2.75) is 63.3 Å². The number of benzene rings is 3. The molecule has 232 valence electrons. The van der Waals surface area contributed by atoms with Crippen LogP contribution in [0, 0.1) is 0 Å². The van der Waals surface area contributed by atoms with Gasteiger partial charge in [-0.25, -0.2) is 8.42 Å². The van der Waals surface area contributed by atoms with Gasteiger partial charge >= 0.3 is 6.18 Å². The number of anilines is 1. The molecule has 0 aliphatic rings. The number of hydrogen-bond donors (Lipinski definition) is 1. The van der Waals surface area contributed by atoms with E-state index in [9.17, 15) is 31.2 Å². The Morgan fingerprint density at radius 1 is 0.930 bits per heavy atom. The molecule has 0 fully saturated rings. The van der Waals surface area contributed by atoms with Crippen LogP contribution in [0.3, 0.4) is 0 Å². The third-order valence-electron chi connectivity index (χ3n) is 6.30. The first-order valence-corrected chi connectivity index (χ1v) is 15.4. The van der Waals surface area contributed by atoms with Crippen molar-refractivity contribution in [3.05, 3.63) is 94.0 Å². The summed E-state index contributed by atoms with van der Waals surface area (Å²) >= 11 is 11.8. The van der Waals surface area contributed by atoms with Crippen LogP contribution in [-0.2, 0) is 32.3 Å². The lowest BCUT2D eigenvalue weighted by Gasteiger charge is -2.35. The zero-order valence-corrected chi connectivity index (χ0v) is 26.3. The normalized spacial score (nSPS) is 12.9. The van der Waals surface area contributed by atoms with E-state index in [4.69, 9.17) is 23.2 Å². The molecule has 3 aromatic carbocycles. The SMILES string of the molecule is CC[C@@H](C(=O)NC(C)(C)C)N(Cc1ccc(Cl)cc1)C(=O)CN(c1ccc(Cl)c(C(F)(F)F)c1)S(=O)(=O)c1ccccc1. The molecular weight excluding hydrogens is 626 g/mol. The highest BCUT2D eigenvalue weighted by molar-refractivity contribution is 7.92. The number of carbonyl (C=O) groups is 2. The van der Waals surface area contributed by atoms with Crippen LogP contribution in [0.1, 0.15) is 45.2 Å². The summed E-state index contributed by atoms with van der Waals surface area (Å²) in [6, 6.07) is 15.1. The molecule has 7 nitrogen and oxygen atoms in total. The van der Waals surface area contributed by atoms with Crippen molar-refractivity contribution in [2.24, 2.45) is 0 Å². The average Bonchev–Trinajstić information content (AvgIpc) is 2.91. The smallest absolute Gasteiger partial charge is 0.350 e. The van der Waals surface area contributed by atoms with Gasteiger partial charge < -0.3 is 10.2 Å². The maximum Gasteiger partial charge on any atom is 0.417 e. The highest BCUT2D eigenvalue weighted by Gasteiger charge is 2.37. The minimum atomic E-state index is -4.89. The summed E-state index contributed by atoms with van der Waals surface area (Å²) in [5.41, 5.74) is -1.73. The number of nitrogens with one attached hydrogen (secondary N) is 1. The lowest BCUT2D eigenvalue weighted by Crippen LogP contribution is -2.55. The number of nitrogens with zero attached hydrogens (tertiary/aromatic N) is 2. The Bertz CT molecular complexity index is 1550. The standard InChI is InChI=1S/C30H32Cl2F3N3O4S/c1-5-26(28(40)36-29(2,3)4)37(18-20-11-13-21(31)14-12-20)27(39)19-38(43(41,42)23-9-7-6-8-10-23)22-15-16-25(32)24(17-22)30(33,34)35/h6-17,26H,5,18-19H2,1-4H3,(H,36,40)/t26-/m0/s1. The summed E-state index contributed by atoms with van der Waals surface area (Å²) in [5.74, 6) is -1.28. The van der Waals surface area contributed by atoms with Crippen molar-refractivity contribution < 1.29 is 31.2 Å². The van der Waals surface area contributed by atoms with Crippen molar-refractivity contribution in [3.63, 3.8) is 0 Å². The van der Waals surface area contributed by atoms with E-state index in [-0.39, 0.29) is 17.9 Å². The molecule has 0 aromatic heterocycles. The van der Waals surface area contributed by atoms with E-state index in [1.807, 2.05) is 0 Å². The first-order chi connectivity index (χ1) is 19.9. The lowest BCUT2D eigenvalue weighted by molar-refractivity contribution is -0.141. The number of carbonyl (C=O) groups excluding carboxylic acids is 2.